The van der Waals surface area contributed by atoms with Crippen LogP contribution in [0.2, 0.25) is 0 Å². The number of likely N-dealkylation sites (tertiary alicyclic amines) is 1. The minimum atomic E-state index is -0.400. The summed E-state index contributed by atoms with van der Waals surface area (Å²) in [7, 11) is 1.51. The van der Waals surface area contributed by atoms with Crippen molar-refractivity contribution in [3.63, 3.8) is 0 Å². The standard InChI is InChI=1S/C12H12N4O2S/c1-16-9(17)3-2-8(12(16)18)15-11-10-7(4-5-19-10)13-6-14-11/h4-6,8H,2-3H2,1H3,(H,13,14,15). The van der Waals surface area contributed by atoms with Crippen LogP contribution in [0.3, 0.4) is 0 Å². The molecular weight excluding hydrogens is 264 g/mol. The highest BCUT2D eigenvalue weighted by molar-refractivity contribution is 7.17. The minimum Gasteiger partial charge on any atom is -0.357 e. The number of hydrogen-bond donors (Lipinski definition) is 1. The predicted octanol–water partition coefficient (Wildman–Crippen LogP) is 1.25. The molecule has 3 rings (SSSR count). The Morgan fingerprint density at radius 3 is 3.11 bits per heavy atom. The lowest BCUT2D eigenvalue weighted by atomic mass is 10.0. The first kappa shape index (κ1) is 12.0. The molecule has 1 N–H and O–H groups in total. The molecule has 0 aliphatic carbocycles. The number of piperidine rings is 1. The third-order valence-electron chi connectivity index (χ3n) is 3.20. The van der Waals surface area contributed by atoms with Crippen molar-refractivity contribution in [2.45, 2.75) is 18.9 Å². The zero-order chi connectivity index (χ0) is 13.4. The van der Waals surface area contributed by atoms with Crippen molar-refractivity contribution >= 4 is 39.2 Å². The lowest BCUT2D eigenvalue weighted by Crippen LogP contribution is -2.48. The van der Waals surface area contributed by atoms with Gasteiger partial charge in [-0.15, -0.1) is 11.3 Å². The molecule has 1 unspecified atom stereocenters. The zero-order valence-electron chi connectivity index (χ0n) is 10.3. The molecular formula is C12H12N4O2S. The van der Waals surface area contributed by atoms with E-state index >= 15 is 0 Å². The van der Waals surface area contributed by atoms with E-state index in [0.29, 0.717) is 18.7 Å². The summed E-state index contributed by atoms with van der Waals surface area (Å²) in [5.74, 6) is 0.313. The van der Waals surface area contributed by atoms with Crippen LogP contribution in [0, 0.1) is 0 Å². The zero-order valence-corrected chi connectivity index (χ0v) is 11.1. The highest BCUT2D eigenvalue weighted by Crippen LogP contribution is 2.26. The number of nitrogens with zero attached hydrogens (tertiary/aromatic N) is 3. The fraction of sp³-hybridized carbons (Fsp3) is 0.333. The van der Waals surface area contributed by atoms with Crippen molar-refractivity contribution < 1.29 is 9.59 Å². The van der Waals surface area contributed by atoms with Gasteiger partial charge in [0.1, 0.15) is 18.2 Å². The minimum absolute atomic E-state index is 0.132. The Morgan fingerprint density at radius 2 is 2.26 bits per heavy atom. The second-order valence-electron chi connectivity index (χ2n) is 4.38. The number of imide groups is 1. The topological polar surface area (TPSA) is 75.2 Å². The van der Waals surface area contributed by atoms with Gasteiger partial charge in [0.2, 0.25) is 5.91 Å². The van der Waals surface area contributed by atoms with Crippen LogP contribution >= 0.6 is 11.3 Å². The number of carbonyl (C=O) groups is 2. The molecule has 2 amide bonds. The molecule has 7 heteroatoms. The van der Waals surface area contributed by atoms with E-state index in [-0.39, 0.29) is 11.8 Å². The summed E-state index contributed by atoms with van der Waals surface area (Å²) in [6.45, 7) is 0. The quantitative estimate of drug-likeness (QED) is 0.835. The molecule has 1 fully saturated rings. The third-order valence-corrected chi connectivity index (χ3v) is 4.11. The molecule has 2 aromatic rings. The molecule has 0 aromatic carbocycles. The molecule has 1 aliphatic rings. The second kappa shape index (κ2) is 4.58. The highest BCUT2D eigenvalue weighted by atomic mass is 32.1. The maximum atomic E-state index is 12.0. The average molecular weight is 276 g/mol. The number of amides is 2. The van der Waals surface area contributed by atoms with Crippen LogP contribution in [0.15, 0.2) is 17.8 Å². The fourth-order valence-corrected chi connectivity index (χ4v) is 2.90. The van der Waals surface area contributed by atoms with Gasteiger partial charge in [0.25, 0.3) is 5.91 Å². The molecule has 98 valence electrons. The summed E-state index contributed by atoms with van der Waals surface area (Å²) in [6, 6.07) is 1.51. The van der Waals surface area contributed by atoms with Crippen LogP contribution < -0.4 is 5.32 Å². The Labute approximate surface area is 113 Å². The van der Waals surface area contributed by atoms with Gasteiger partial charge in [0, 0.05) is 13.5 Å². The van der Waals surface area contributed by atoms with Gasteiger partial charge in [-0.1, -0.05) is 0 Å². The monoisotopic (exact) mass is 276 g/mol. The molecule has 0 radical (unpaired) electrons. The molecule has 6 nitrogen and oxygen atoms in total. The number of thiophene rings is 1. The molecule has 1 atom stereocenters. The van der Waals surface area contributed by atoms with E-state index in [1.54, 1.807) is 0 Å². The van der Waals surface area contributed by atoms with Gasteiger partial charge >= 0.3 is 0 Å². The van der Waals surface area contributed by atoms with E-state index in [9.17, 15) is 9.59 Å². The summed E-state index contributed by atoms with van der Waals surface area (Å²) >= 11 is 1.53. The van der Waals surface area contributed by atoms with Gasteiger partial charge in [-0.2, -0.15) is 0 Å². The molecule has 3 heterocycles. The first-order valence-corrected chi connectivity index (χ1v) is 6.80. The molecule has 0 bridgehead atoms. The number of anilines is 1. The van der Waals surface area contributed by atoms with E-state index < -0.39 is 6.04 Å². The molecule has 1 aliphatic heterocycles. The highest BCUT2D eigenvalue weighted by Gasteiger charge is 2.32. The van der Waals surface area contributed by atoms with Gasteiger partial charge in [-0.3, -0.25) is 14.5 Å². The maximum absolute atomic E-state index is 12.0. The van der Waals surface area contributed by atoms with Gasteiger partial charge < -0.3 is 5.32 Å². The molecule has 1 saturated heterocycles. The second-order valence-corrected chi connectivity index (χ2v) is 5.30. The maximum Gasteiger partial charge on any atom is 0.251 e. The van der Waals surface area contributed by atoms with Crippen LogP contribution in [0.1, 0.15) is 12.8 Å². The first-order chi connectivity index (χ1) is 9.16. The van der Waals surface area contributed by atoms with Crippen molar-refractivity contribution in [2.24, 2.45) is 0 Å². The summed E-state index contributed by atoms with van der Waals surface area (Å²) in [4.78, 5) is 33.0. The number of fused-ring (bicyclic) bond motifs is 1. The number of carbonyl (C=O) groups excluding carboxylic acids is 2. The van der Waals surface area contributed by atoms with Crippen molar-refractivity contribution in [1.29, 1.82) is 0 Å². The smallest absolute Gasteiger partial charge is 0.251 e. The van der Waals surface area contributed by atoms with E-state index in [4.69, 9.17) is 0 Å². The van der Waals surface area contributed by atoms with Crippen LogP contribution in [0.5, 0.6) is 0 Å². The van der Waals surface area contributed by atoms with Crippen LogP contribution in [-0.2, 0) is 9.59 Å². The Morgan fingerprint density at radius 1 is 1.42 bits per heavy atom. The first-order valence-electron chi connectivity index (χ1n) is 5.92. The lowest BCUT2D eigenvalue weighted by molar-refractivity contribution is -0.146. The van der Waals surface area contributed by atoms with Gasteiger partial charge in [0.05, 0.1) is 10.2 Å². The van der Waals surface area contributed by atoms with Crippen LogP contribution in [-0.4, -0.2) is 39.8 Å². The SMILES string of the molecule is CN1C(=O)CCC(Nc2ncnc3ccsc23)C1=O. The van der Waals surface area contributed by atoms with Crippen molar-refractivity contribution in [1.82, 2.24) is 14.9 Å². The summed E-state index contributed by atoms with van der Waals surface area (Å²) < 4.78 is 0.926. The van der Waals surface area contributed by atoms with E-state index in [1.165, 1.54) is 29.6 Å². The van der Waals surface area contributed by atoms with Crippen molar-refractivity contribution in [3.8, 4) is 0 Å². The predicted molar refractivity (Wildman–Crippen MR) is 71.8 cm³/mol. The van der Waals surface area contributed by atoms with Gasteiger partial charge in [-0.25, -0.2) is 9.97 Å². The number of likely N-dealkylation sites (N-methyl/N-ethyl adjacent to an activating group) is 1. The Bertz CT molecular complexity index is 654. The van der Waals surface area contributed by atoms with E-state index in [2.05, 4.69) is 15.3 Å². The fourth-order valence-electron chi connectivity index (χ4n) is 2.11. The summed E-state index contributed by atoms with van der Waals surface area (Å²) in [5, 5.41) is 5.06. The number of rotatable bonds is 2. The van der Waals surface area contributed by atoms with Crippen LogP contribution in [0.25, 0.3) is 10.2 Å². The number of hydrogen-bond acceptors (Lipinski definition) is 6. The van der Waals surface area contributed by atoms with Gasteiger partial charge in [-0.05, 0) is 17.9 Å². The molecule has 0 spiro atoms. The van der Waals surface area contributed by atoms with E-state index in [0.717, 1.165) is 10.2 Å². The summed E-state index contributed by atoms with van der Waals surface area (Å²) in [6.07, 6.45) is 2.34. The normalized spacial score (nSPS) is 20.1. The largest absolute Gasteiger partial charge is 0.357 e. The van der Waals surface area contributed by atoms with Crippen LogP contribution in [0.4, 0.5) is 5.82 Å². The lowest BCUT2D eigenvalue weighted by Gasteiger charge is -2.28. The van der Waals surface area contributed by atoms with E-state index in [1.807, 2.05) is 11.4 Å². The average Bonchev–Trinajstić information content (AvgIpc) is 2.89. The Hall–Kier alpha value is -2.02. The number of aromatic nitrogens is 2. The number of nitrogens with one attached hydrogen (secondary N) is 1. The van der Waals surface area contributed by atoms with Crippen molar-refractivity contribution in [2.75, 3.05) is 12.4 Å². The van der Waals surface area contributed by atoms with Crippen molar-refractivity contribution in [3.05, 3.63) is 17.8 Å². The Balaban J connectivity index is 1.87. The van der Waals surface area contributed by atoms with Gasteiger partial charge in [0.15, 0.2) is 0 Å². The molecule has 2 aromatic heterocycles. The Kier molecular flexibility index (Phi) is 2.90. The summed E-state index contributed by atoms with van der Waals surface area (Å²) in [5.41, 5.74) is 0.857. The molecule has 0 saturated carbocycles. The molecule has 19 heavy (non-hydrogen) atoms. The third kappa shape index (κ3) is 2.06.